The van der Waals surface area contributed by atoms with Gasteiger partial charge in [0.15, 0.2) is 6.10 Å². The Morgan fingerprint density at radius 1 is 0.306 bits per heavy atom. The van der Waals surface area contributed by atoms with E-state index < -0.39 is 12.1 Å². The van der Waals surface area contributed by atoms with Crippen molar-refractivity contribution in [3.63, 3.8) is 0 Å². The third kappa shape index (κ3) is 56.0. The van der Waals surface area contributed by atoms with Crippen LogP contribution in [0.1, 0.15) is 220 Å². The van der Waals surface area contributed by atoms with Gasteiger partial charge in [0, 0.05) is 12.8 Å². The second kappa shape index (κ2) is 58.6. The zero-order chi connectivity index (χ0) is 52.2. The lowest BCUT2D eigenvalue weighted by atomic mass is 10.1. The Morgan fingerprint density at radius 2 is 0.611 bits per heavy atom. The lowest BCUT2D eigenvalue weighted by Gasteiger charge is -2.18. The summed E-state index contributed by atoms with van der Waals surface area (Å²) in [4.78, 5) is 38.1. The molecule has 6 heteroatoms. The summed E-state index contributed by atoms with van der Waals surface area (Å²) in [5.74, 6) is -1.15. The molecular weight excluding hydrogens is 889 g/mol. The average molecular weight is 992 g/mol. The minimum absolute atomic E-state index is 0.108. The van der Waals surface area contributed by atoms with Gasteiger partial charge in [-0.05, 0) is 122 Å². The summed E-state index contributed by atoms with van der Waals surface area (Å²) in [6.07, 6.45) is 85.5. The molecule has 1 unspecified atom stereocenters. The first-order chi connectivity index (χ1) is 35.5. The number of allylic oxidation sites excluding steroid dienone is 25. The van der Waals surface area contributed by atoms with Gasteiger partial charge in [-0.2, -0.15) is 0 Å². The van der Waals surface area contributed by atoms with Crippen molar-refractivity contribution in [2.24, 2.45) is 0 Å². The summed E-state index contributed by atoms with van der Waals surface area (Å²) in [5, 5.41) is 0. The molecule has 0 N–H and O–H groups in total. The van der Waals surface area contributed by atoms with Crippen LogP contribution in [0, 0.1) is 0 Å². The Hall–Kier alpha value is -4.97. The Labute approximate surface area is 441 Å². The molecule has 0 rings (SSSR count). The summed E-state index contributed by atoms with van der Waals surface area (Å²) in [5.41, 5.74) is 0. The molecule has 0 amide bonds. The number of esters is 3. The SMILES string of the molecule is CC/C=C\C/C=C\C/C=C\C/C=C\C/C=C\C/C=C\C/C=C\CCCC(=O)OCC(COC(=O)C/C=C\C/C=C\C/C=C\C/C=C\C/C=C\CC)OC(=O)CCCCCCC/C=C\CCCCCCCCC. The molecule has 0 aromatic heterocycles. The summed E-state index contributed by atoms with van der Waals surface area (Å²) in [6.45, 7) is 6.25. The van der Waals surface area contributed by atoms with Crippen molar-refractivity contribution in [1.82, 2.24) is 0 Å². The van der Waals surface area contributed by atoms with Gasteiger partial charge in [-0.25, -0.2) is 0 Å². The van der Waals surface area contributed by atoms with Crippen LogP contribution in [0.2, 0.25) is 0 Å². The minimum Gasteiger partial charge on any atom is -0.462 e. The van der Waals surface area contributed by atoms with Gasteiger partial charge in [0.2, 0.25) is 0 Å². The Morgan fingerprint density at radius 3 is 1.03 bits per heavy atom. The fourth-order valence-corrected chi connectivity index (χ4v) is 7.09. The van der Waals surface area contributed by atoms with Crippen LogP contribution in [0.4, 0.5) is 0 Å². The van der Waals surface area contributed by atoms with E-state index in [0.29, 0.717) is 6.42 Å². The maximum absolute atomic E-state index is 12.8. The number of unbranched alkanes of at least 4 members (excludes halogenated alkanes) is 13. The quantitative estimate of drug-likeness (QED) is 0.0262. The van der Waals surface area contributed by atoms with Crippen molar-refractivity contribution >= 4 is 17.9 Å². The number of carbonyl (C=O) groups excluding carboxylic acids is 3. The van der Waals surface area contributed by atoms with Crippen molar-refractivity contribution in [1.29, 1.82) is 0 Å². The van der Waals surface area contributed by atoms with Crippen LogP contribution in [0.3, 0.4) is 0 Å². The average Bonchev–Trinajstić information content (AvgIpc) is 3.38. The molecule has 0 bridgehead atoms. The van der Waals surface area contributed by atoms with Crippen LogP contribution in [0.25, 0.3) is 0 Å². The third-order valence-corrected chi connectivity index (χ3v) is 11.3. The molecule has 0 saturated carbocycles. The van der Waals surface area contributed by atoms with Gasteiger partial charge < -0.3 is 14.2 Å². The molecule has 72 heavy (non-hydrogen) atoms. The zero-order valence-electron chi connectivity index (χ0n) is 45.9. The molecule has 6 nitrogen and oxygen atoms in total. The molecule has 0 fully saturated rings. The standard InChI is InChI=1S/C66H102O6/c1-4-7-10-13-16-19-22-25-28-30-31-32-33-34-35-36-39-41-44-47-50-53-56-59-65(68)71-62-63(61-70-64(67)58-55-52-49-46-43-40-37-27-24-21-18-15-12-9-6-3)72-66(69)60-57-54-51-48-45-42-38-29-26-23-20-17-14-11-8-5-2/h7,9-10,12,16,18-19,21,25,27-29,31-32,34-35,37-39,41,43,46-47,50,52,55,63H,4-6,8,11,13-15,17,20,22-24,26,30,33,36,40,42,44-45,48-49,51,53-54,56-62H2,1-3H3/b10-7-,12-9-,19-16-,21-18-,28-25-,32-31-,35-34-,37-27-,38-29-,41-39-,46-43-,50-47-,55-52-. The Balaban J connectivity index is 4.61. The van der Waals surface area contributed by atoms with E-state index in [1.165, 1.54) is 51.4 Å². The summed E-state index contributed by atoms with van der Waals surface area (Å²) < 4.78 is 16.7. The number of rotatable bonds is 49. The lowest BCUT2D eigenvalue weighted by Crippen LogP contribution is -2.30. The molecule has 0 heterocycles. The van der Waals surface area contributed by atoms with Crippen LogP contribution in [-0.2, 0) is 28.6 Å². The Kier molecular flexibility index (Phi) is 54.6. The van der Waals surface area contributed by atoms with Crippen molar-refractivity contribution in [3.05, 3.63) is 158 Å². The van der Waals surface area contributed by atoms with Crippen LogP contribution >= 0.6 is 0 Å². The van der Waals surface area contributed by atoms with E-state index >= 15 is 0 Å². The van der Waals surface area contributed by atoms with Crippen LogP contribution in [-0.4, -0.2) is 37.2 Å². The second-order valence-corrected chi connectivity index (χ2v) is 18.1. The molecule has 0 aliphatic rings. The minimum atomic E-state index is -0.854. The van der Waals surface area contributed by atoms with Crippen molar-refractivity contribution in [2.75, 3.05) is 13.2 Å². The molecule has 0 spiro atoms. The summed E-state index contributed by atoms with van der Waals surface area (Å²) in [6, 6.07) is 0. The van der Waals surface area contributed by atoms with E-state index in [1.807, 2.05) is 6.08 Å². The number of hydrogen-bond donors (Lipinski definition) is 0. The Bertz CT molecular complexity index is 1660. The highest BCUT2D eigenvalue weighted by atomic mass is 16.6. The molecule has 0 aliphatic heterocycles. The molecule has 0 aromatic rings. The maximum Gasteiger partial charge on any atom is 0.309 e. The van der Waals surface area contributed by atoms with Crippen LogP contribution < -0.4 is 0 Å². The number of ether oxygens (including phenoxy) is 3. The highest BCUT2D eigenvalue weighted by Gasteiger charge is 2.19. The van der Waals surface area contributed by atoms with Gasteiger partial charge in [0.05, 0.1) is 6.42 Å². The van der Waals surface area contributed by atoms with Gasteiger partial charge in [-0.3, -0.25) is 14.4 Å². The van der Waals surface area contributed by atoms with Gasteiger partial charge in [-0.1, -0.05) is 237 Å². The predicted octanol–water partition coefficient (Wildman–Crippen LogP) is 19.4. The fraction of sp³-hybridized carbons (Fsp3) is 0.561. The fourth-order valence-electron chi connectivity index (χ4n) is 7.09. The third-order valence-electron chi connectivity index (χ3n) is 11.3. The smallest absolute Gasteiger partial charge is 0.309 e. The maximum atomic E-state index is 12.8. The van der Waals surface area contributed by atoms with Crippen molar-refractivity contribution in [2.45, 2.75) is 226 Å². The van der Waals surface area contributed by atoms with Crippen molar-refractivity contribution < 1.29 is 28.6 Å². The van der Waals surface area contributed by atoms with E-state index in [0.717, 1.165) is 122 Å². The number of carbonyl (C=O) groups is 3. The molecular formula is C66H102O6. The zero-order valence-corrected chi connectivity index (χ0v) is 45.9. The first-order valence-electron chi connectivity index (χ1n) is 28.5. The first kappa shape index (κ1) is 67.0. The monoisotopic (exact) mass is 991 g/mol. The lowest BCUT2D eigenvalue weighted by molar-refractivity contribution is -0.166. The molecule has 402 valence electrons. The van der Waals surface area contributed by atoms with E-state index in [1.54, 1.807) is 6.08 Å². The van der Waals surface area contributed by atoms with Crippen LogP contribution in [0.5, 0.6) is 0 Å². The summed E-state index contributed by atoms with van der Waals surface area (Å²) >= 11 is 0. The van der Waals surface area contributed by atoms with Gasteiger partial charge >= 0.3 is 17.9 Å². The van der Waals surface area contributed by atoms with E-state index in [4.69, 9.17) is 14.2 Å². The van der Waals surface area contributed by atoms with Gasteiger partial charge in [0.25, 0.3) is 0 Å². The van der Waals surface area contributed by atoms with E-state index in [9.17, 15) is 14.4 Å². The molecule has 0 aromatic carbocycles. The molecule has 1 atom stereocenters. The largest absolute Gasteiger partial charge is 0.462 e. The van der Waals surface area contributed by atoms with Gasteiger partial charge in [0.1, 0.15) is 13.2 Å². The number of hydrogen-bond acceptors (Lipinski definition) is 6. The summed E-state index contributed by atoms with van der Waals surface area (Å²) in [7, 11) is 0. The highest BCUT2D eigenvalue weighted by Crippen LogP contribution is 2.12. The molecule has 0 radical (unpaired) electrons. The van der Waals surface area contributed by atoms with E-state index in [2.05, 4.69) is 167 Å². The normalized spacial score (nSPS) is 13.3. The van der Waals surface area contributed by atoms with E-state index in [-0.39, 0.29) is 44.4 Å². The van der Waals surface area contributed by atoms with Gasteiger partial charge in [-0.15, -0.1) is 0 Å². The van der Waals surface area contributed by atoms with Crippen molar-refractivity contribution in [3.8, 4) is 0 Å². The second-order valence-electron chi connectivity index (χ2n) is 18.1. The van der Waals surface area contributed by atoms with Crippen LogP contribution in [0.15, 0.2) is 158 Å². The predicted molar refractivity (Wildman–Crippen MR) is 311 cm³/mol. The highest BCUT2D eigenvalue weighted by molar-refractivity contribution is 5.72. The first-order valence-corrected chi connectivity index (χ1v) is 28.5. The molecule has 0 saturated heterocycles. The molecule has 0 aliphatic carbocycles. The topological polar surface area (TPSA) is 78.9 Å².